The molecule has 0 aliphatic heterocycles. The predicted octanol–water partition coefficient (Wildman–Crippen LogP) is 3.79. The van der Waals surface area contributed by atoms with Crippen LogP contribution in [0.2, 0.25) is 0 Å². The molecule has 0 aromatic heterocycles. The minimum Gasteiger partial charge on any atom is -0.461 e. The Bertz CT molecular complexity index is 405. The van der Waals surface area contributed by atoms with Gasteiger partial charge in [-0.05, 0) is 0 Å². The average molecular weight is 353 g/mol. The summed E-state index contributed by atoms with van der Waals surface area (Å²) in [6, 6.07) is 0. The zero-order valence-electron chi connectivity index (χ0n) is 9.67. The quantitative estimate of drug-likeness (QED) is 0.315. The van der Waals surface area contributed by atoms with Crippen LogP contribution in [-0.4, -0.2) is 41.9 Å². The third kappa shape index (κ3) is 3.55. The van der Waals surface area contributed by atoms with Crippen LogP contribution in [0.15, 0.2) is 12.7 Å². The number of halogens is 10. The Morgan fingerprint density at radius 3 is 1.81 bits per heavy atom. The van der Waals surface area contributed by atoms with Gasteiger partial charge in [0.1, 0.15) is 12.0 Å². The summed E-state index contributed by atoms with van der Waals surface area (Å²) in [4.78, 5) is 10.5. The maximum atomic E-state index is 13.1. The Hall–Kier alpha value is -1.13. The summed E-state index contributed by atoms with van der Waals surface area (Å²) in [5, 5.41) is -3.33. The molecule has 0 rings (SSSR count). The largest absolute Gasteiger partial charge is 0.461 e. The Labute approximate surface area is 116 Å². The van der Waals surface area contributed by atoms with E-state index < -0.39 is 41.9 Å². The highest BCUT2D eigenvalue weighted by atomic mass is 35.5. The molecule has 0 aromatic carbocycles. The minimum absolute atomic E-state index is 0.407. The molecule has 0 saturated heterocycles. The number of hydrogen-bond donors (Lipinski definition) is 0. The molecule has 0 fully saturated rings. The predicted molar refractivity (Wildman–Crippen MR) is 51.7 cm³/mol. The van der Waals surface area contributed by atoms with Crippen LogP contribution in [0.4, 0.5) is 39.5 Å². The van der Waals surface area contributed by atoms with Crippen LogP contribution in [0, 0.1) is 0 Å². The van der Waals surface area contributed by atoms with Gasteiger partial charge in [0.05, 0.1) is 0 Å². The maximum Gasteiger partial charge on any atom is 0.460 e. The first-order valence-electron chi connectivity index (χ1n) is 4.76. The highest BCUT2D eigenvalue weighted by Crippen LogP contribution is 2.54. The van der Waals surface area contributed by atoms with Gasteiger partial charge in [0.2, 0.25) is 0 Å². The molecule has 2 nitrogen and oxygen atoms in total. The number of alkyl halides is 10. The van der Waals surface area contributed by atoms with Crippen LogP contribution < -0.4 is 0 Å². The molecule has 1 unspecified atom stereocenters. The normalized spacial score (nSPS) is 15.5. The van der Waals surface area contributed by atoms with Gasteiger partial charge >= 0.3 is 29.9 Å². The molecule has 0 aromatic rings. The Balaban J connectivity index is 5.37. The molecule has 0 aliphatic rings. The van der Waals surface area contributed by atoms with Gasteiger partial charge in [-0.15, -0.1) is 11.6 Å². The lowest BCUT2D eigenvalue weighted by molar-refractivity contribution is -0.396. The number of carbonyl (C=O) groups is 1. The first kappa shape index (κ1) is 19.9. The van der Waals surface area contributed by atoms with Crippen molar-refractivity contribution in [3.05, 3.63) is 12.7 Å². The van der Waals surface area contributed by atoms with E-state index in [9.17, 15) is 44.3 Å². The second-order valence-electron chi connectivity index (χ2n) is 3.57. The van der Waals surface area contributed by atoms with Crippen molar-refractivity contribution < 1.29 is 49.0 Å². The lowest BCUT2D eigenvalue weighted by Gasteiger charge is -2.35. The van der Waals surface area contributed by atoms with Crippen LogP contribution in [0.5, 0.6) is 0 Å². The van der Waals surface area contributed by atoms with Crippen LogP contribution in [0.25, 0.3) is 0 Å². The SMILES string of the molecule is C=CC(=O)OCC(Cl)C(F)(F)C(F)(F)C(F)(F)C(F)(F)F. The second kappa shape index (κ2) is 5.93. The molecule has 0 radical (unpaired) electrons. The molecule has 12 heteroatoms. The molecule has 0 aliphatic carbocycles. The Kier molecular flexibility index (Phi) is 5.61. The van der Waals surface area contributed by atoms with E-state index in [2.05, 4.69) is 22.9 Å². The maximum absolute atomic E-state index is 13.1. The average Bonchev–Trinajstić information content (AvgIpc) is 2.33. The van der Waals surface area contributed by atoms with Crippen molar-refractivity contribution in [2.75, 3.05) is 6.61 Å². The number of carbonyl (C=O) groups excluding carboxylic acids is 1. The molecule has 124 valence electrons. The van der Waals surface area contributed by atoms with E-state index in [-0.39, 0.29) is 0 Å². The summed E-state index contributed by atoms with van der Waals surface area (Å²) in [5.41, 5.74) is 0. The molecule has 0 bridgehead atoms. The fourth-order valence-electron chi connectivity index (χ4n) is 0.903. The number of ether oxygens (including phenoxy) is 1. The minimum atomic E-state index is -7.04. The van der Waals surface area contributed by atoms with Gasteiger partial charge in [-0.2, -0.15) is 39.5 Å². The molecule has 0 amide bonds. The highest BCUT2D eigenvalue weighted by molar-refractivity contribution is 6.21. The molecule has 1 atom stereocenters. The van der Waals surface area contributed by atoms with Crippen LogP contribution in [0.1, 0.15) is 0 Å². The van der Waals surface area contributed by atoms with E-state index in [1.165, 1.54) is 0 Å². The van der Waals surface area contributed by atoms with Gasteiger partial charge in [-0.1, -0.05) is 6.58 Å². The van der Waals surface area contributed by atoms with Gasteiger partial charge in [-0.25, -0.2) is 4.79 Å². The van der Waals surface area contributed by atoms with Crippen molar-refractivity contribution in [3.63, 3.8) is 0 Å². The first-order valence-corrected chi connectivity index (χ1v) is 5.20. The third-order valence-electron chi connectivity index (χ3n) is 2.10. The van der Waals surface area contributed by atoms with Crippen molar-refractivity contribution in [2.45, 2.75) is 29.3 Å². The van der Waals surface area contributed by atoms with E-state index in [0.29, 0.717) is 6.08 Å². The summed E-state index contributed by atoms with van der Waals surface area (Å²) >= 11 is 4.67. The summed E-state index contributed by atoms with van der Waals surface area (Å²) < 4.78 is 116. The molecule has 0 heterocycles. The fourth-order valence-corrected chi connectivity index (χ4v) is 1.10. The topological polar surface area (TPSA) is 26.3 Å². The smallest absolute Gasteiger partial charge is 0.460 e. The number of rotatable bonds is 6. The number of hydrogen-bond acceptors (Lipinski definition) is 2. The van der Waals surface area contributed by atoms with Crippen LogP contribution in [-0.2, 0) is 9.53 Å². The van der Waals surface area contributed by atoms with Gasteiger partial charge in [-0.3, -0.25) is 0 Å². The molecule has 0 saturated carbocycles. The molecule has 0 spiro atoms. The van der Waals surface area contributed by atoms with Gasteiger partial charge in [0, 0.05) is 6.08 Å². The lowest BCUT2D eigenvalue weighted by Crippen LogP contribution is -2.64. The van der Waals surface area contributed by atoms with Crippen molar-refractivity contribution in [1.29, 1.82) is 0 Å². The van der Waals surface area contributed by atoms with Gasteiger partial charge < -0.3 is 4.74 Å². The van der Waals surface area contributed by atoms with E-state index in [1.807, 2.05) is 0 Å². The van der Waals surface area contributed by atoms with E-state index in [4.69, 9.17) is 0 Å². The van der Waals surface area contributed by atoms with E-state index >= 15 is 0 Å². The second-order valence-corrected chi connectivity index (χ2v) is 4.10. The molecule has 21 heavy (non-hydrogen) atoms. The van der Waals surface area contributed by atoms with Crippen molar-refractivity contribution in [2.24, 2.45) is 0 Å². The van der Waals surface area contributed by atoms with Gasteiger partial charge in [0.25, 0.3) is 0 Å². The monoisotopic (exact) mass is 352 g/mol. The van der Waals surface area contributed by atoms with Crippen LogP contribution in [0.3, 0.4) is 0 Å². The standard InChI is InChI=1S/C9H6ClF9O2/c1-2-5(20)21-3-4(10)6(11,12)7(13,14)8(15,16)9(17,18)19/h2,4H,1,3H2. The molecule has 0 N–H and O–H groups in total. The summed E-state index contributed by atoms with van der Waals surface area (Å²) in [6.45, 7) is 1.07. The summed E-state index contributed by atoms with van der Waals surface area (Å²) in [6.07, 6.45) is -6.53. The molecular formula is C9H6ClF9O2. The lowest BCUT2D eigenvalue weighted by atomic mass is 10.0. The van der Waals surface area contributed by atoms with E-state index in [1.54, 1.807) is 0 Å². The third-order valence-corrected chi connectivity index (χ3v) is 2.50. The summed E-state index contributed by atoms with van der Waals surface area (Å²) in [5.74, 6) is -21.3. The summed E-state index contributed by atoms with van der Waals surface area (Å²) in [7, 11) is 0. The van der Waals surface area contributed by atoms with Crippen molar-refractivity contribution in [3.8, 4) is 0 Å². The zero-order valence-corrected chi connectivity index (χ0v) is 10.4. The van der Waals surface area contributed by atoms with Crippen molar-refractivity contribution >= 4 is 17.6 Å². The van der Waals surface area contributed by atoms with Crippen molar-refractivity contribution in [1.82, 2.24) is 0 Å². The highest BCUT2D eigenvalue weighted by Gasteiger charge is 2.83. The Morgan fingerprint density at radius 1 is 1.05 bits per heavy atom. The Morgan fingerprint density at radius 2 is 1.48 bits per heavy atom. The van der Waals surface area contributed by atoms with Crippen LogP contribution >= 0.6 is 11.6 Å². The van der Waals surface area contributed by atoms with E-state index in [0.717, 1.165) is 0 Å². The van der Waals surface area contributed by atoms with Gasteiger partial charge in [0.15, 0.2) is 0 Å². The molecular weight excluding hydrogens is 347 g/mol. The first-order chi connectivity index (χ1) is 9.13. The fraction of sp³-hybridized carbons (Fsp3) is 0.667. The number of esters is 1. The zero-order chi connectivity index (χ0) is 17.3.